The average molecular weight is 465 g/mol. The molecule has 2 aromatic carbocycles. The molecule has 1 aliphatic heterocycles. The highest BCUT2D eigenvalue weighted by atomic mass is 32.2. The molecule has 0 aliphatic carbocycles. The molecule has 1 saturated heterocycles. The van der Waals surface area contributed by atoms with Gasteiger partial charge in [-0.2, -0.15) is 0 Å². The highest BCUT2D eigenvalue weighted by Crippen LogP contribution is 2.39. The highest BCUT2D eigenvalue weighted by Gasteiger charge is 2.32. The quantitative estimate of drug-likeness (QED) is 0.397. The number of thioether (sulfide) groups is 1. The predicted molar refractivity (Wildman–Crippen MR) is 126 cm³/mol. The number of hydrogen-bond donors (Lipinski definition) is 1. The van der Waals surface area contributed by atoms with Crippen LogP contribution in [0.25, 0.3) is 22.4 Å². The van der Waals surface area contributed by atoms with Gasteiger partial charge >= 0.3 is 0 Å². The number of aromatic amines is 1. The van der Waals surface area contributed by atoms with Gasteiger partial charge in [-0.3, -0.25) is 4.79 Å². The molecule has 0 saturated carbocycles. The van der Waals surface area contributed by atoms with Gasteiger partial charge in [0.25, 0.3) is 11.1 Å². The van der Waals surface area contributed by atoms with E-state index < -0.39 is 0 Å². The van der Waals surface area contributed by atoms with Crippen LogP contribution in [0.5, 0.6) is 11.5 Å². The SMILES string of the molecule is COc1ccc(OC)c(C2CCCN2C(=O)CSc2nnc(-c3c[nH]c4ccccc34)o2)c1. The second-order valence-corrected chi connectivity index (χ2v) is 8.69. The molecule has 1 fully saturated rings. The number of rotatable bonds is 7. The Bertz CT molecular complexity index is 1280. The van der Waals surface area contributed by atoms with E-state index in [1.807, 2.05) is 53.6 Å². The van der Waals surface area contributed by atoms with Crippen molar-refractivity contribution in [2.75, 3.05) is 26.5 Å². The second kappa shape index (κ2) is 9.19. The first kappa shape index (κ1) is 21.4. The number of likely N-dealkylation sites (tertiary alicyclic amines) is 1. The smallest absolute Gasteiger partial charge is 0.277 e. The zero-order valence-corrected chi connectivity index (χ0v) is 19.2. The summed E-state index contributed by atoms with van der Waals surface area (Å²) in [5.74, 6) is 2.18. The summed E-state index contributed by atoms with van der Waals surface area (Å²) in [5, 5.41) is 9.69. The molecule has 1 N–H and O–H groups in total. The minimum absolute atomic E-state index is 0.0271. The van der Waals surface area contributed by atoms with Crippen LogP contribution < -0.4 is 9.47 Å². The van der Waals surface area contributed by atoms with Crippen molar-refractivity contribution in [2.45, 2.75) is 24.1 Å². The summed E-state index contributed by atoms with van der Waals surface area (Å²) in [4.78, 5) is 18.2. The number of fused-ring (bicyclic) bond motifs is 1. The maximum Gasteiger partial charge on any atom is 0.277 e. The van der Waals surface area contributed by atoms with Crippen molar-refractivity contribution < 1.29 is 18.7 Å². The van der Waals surface area contributed by atoms with Gasteiger partial charge in [0.1, 0.15) is 11.5 Å². The molecule has 8 nitrogen and oxygen atoms in total. The first-order chi connectivity index (χ1) is 16.2. The van der Waals surface area contributed by atoms with Gasteiger partial charge < -0.3 is 23.8 Å². The number of carbonyl (C=O) groups is 1. The van der Waals surface area contributed by atoms with Crippen LogP contribution in [0.4, 0.5) is 0 Å². The summed E-state index contributed by atoms with van der Waals surface area (Å²) in [6, 6.07) is 13.6. The fraction of sp³-hybridized carbons (Fsp3) is 0.292. The Morgan fingerprint density at radius 1 is 1.21 bits per heavy atom. The molecule has 0 radical (unpaired) electrons. The summed E-state index contributed by atoms with van der Waals surface area (Å²) in [5.41, 5.74) is 2.82. The van der Waals surface area contributed by atoms with Crippen molar-refractivity contribution in [3.63, 3.8) is 0 Å². The molecule has 4 aromatic rings. The number of aromatic nitrogens is 3. The third kappa shape index (κ3) is 4.16. The third-order valence-electron chi connectivity index (χ3n) is 5.91. The van der Waals surface area contributed by atoms with Gasteiger partial charge in [0.15, 0.2) is 0 Å². The molecule has 5 rings (SSSR count). The topological polar surface area (TPSA) is 93.5 Å². The molecular formula is C24H24N4O4S. The van der Waals surface area contributed by atoms with Crippen LogP contribution in [0.1, 0.15) is 24.4 Å². The molecule has 1 amide bonds. The zero-order valence-electron chi connectivity index (χ0n) is 18.4. The number of para-hydroxylation sites is 1. The van der Waals surface area contributed by atoms with Crippen molar-refractivity contribution in [3.8, 4) is 23.0 Å². The van der Waals surface area contributed by atoms with E-state index >= 15 is 0 Å². The van der Waals surface area contributed by atoms with Gasteiger partial charge in [0, 0.05) is 29.2 Å². The van der Waals surface area contributed by atoms with Crippen molar-refractivity contribution in [3.05, 3.63) is 54.2 Å². The lowest BCUT2D eigenvalue weighted by atomic mass is 10.0. The van der Waals surface area contributed by atoms with E-state index in [0.29, 0.717) is 17.7 Å². The Morgan fingerprint density at radius 3 is 2.94 bits per heavy atom. The summed E-state index contributed by atoms with van der Waals surface area (Å²) in [7, 11) is 3.28. The van der Waals surface area contributed by atoms with Crippen LogP contribution in [0.3, 0.4) is 0 Å². The Labute approximate surface area is 195 Å². The van der Waals surface area contributed by atoms with Crippen LogP contribution in [0, 0.1) is 0 Å². The van der Waals surface area contributed by atoms with Gasteiger partial charge in [-0.05, 0) is 37.1 Å². The summed E-state index contributed by atoms with van der Waals surface area (Å²) in [6.07, 6.45) is 3.67. The molecule has 0 bridgehead atoms. The molecular weight excluding hydrogens is 440 g/mol. The summed E-state index contributed by atoms with van der Waals surface area (Å²) < 4.78 is 16.8. The minimum atomic E-state index is -0.0485. The first-order valence-electron chi connectivity index (χ1n) is 10.7. The number of carbonyl (C=O) groups excluding carboxylic acids is 1. The highest BCUT2D eigenvalue weighted by molar-refractivity contribution is 7.99. The summed E-state index contributed by atoms with van der Waals surface area (Å²) in [6.45, 7) is 0.703. The van der Waals surface area contributed by atoms with Crippen LogP contribution in [0.15, 0.2) is 58.3 Å². The van der Waals surface area contributed by atoms with Gasteiger partial charge in [-0.1, -0.05) is 30.0 Å². The molecule has 3 heterocycles. The fourth-order valence-corrected chi connectivity index (χ4v) is 4.97. The van der Waals surface area contributed by atoms with E-state index in [2.05, 4.69) is 15.2 Å². The second-order valence-electron chi connectivity index (χ2n) is 7.76. The van der Waals surface area contributed by atoms with Crippen LogP contribution >= 0.6 is 11.8 Å². The zero-order chi connectivity index (χ0) is 22.8. The lowest BCUT2D eigenvalue weighted by Crippen LogP contribution is -2.32. The van der Waals surface area contributed by atoms with Crippen LogP contribution in [0.2, 0.25) is 0 Å². The van der Waals surface area contributed by atoms with Crippen molar-refractivity contribution >= 4 is 28.6 Å². The number of nitrogens with one attached hydrogen (secondary N) is 1. The van der Waals surface area contributed by atoms with E-state index in [1.165, 1.54) is 11.8 Å². The van der Waals surface area contributed by atoms with Gasteiger partial charge in [-0.15, -0.1) is 10.2 Å². The average Bonchev–Trinajstić information content (AvgIpc) is 3.61. The van der Waals surface area contributed by atoms with Gasteiger partial charge in [-0.25, -0.2) is 0 Å². The van der Waals surface area contributed by atoms with Crippen molar-refractivity contribution in [1.82, 2.24) is 20.1 Å². The summed E-state index contributed by atoms with van der Waals surface area (Å²) >= 11 is 1.26. The van der Waals surface area contributed by atoms with Crippen molar-refractivity contribution in [1.29, 1.82) is 0 Å². The first-order valence-corrected chi connectivity index (χ1v) is 11.7. The number of H-pyrrole nitrogens is 1. The number of amides is 1. The lowest BCUT2D eigenvalue weighted by Gasteiger charge is -2.26. The monoisotopic (exact) mass is 464 g/mol. The Hall–Kier alpha value is -3.46. The maximum absolute atomic E-state index is 13.1. The molecule has 1 unspecified atom stereocenters. The van der Waals surface area contributed by atoms with Gasteiger partial charge in [0.05, 0.1) is 31.6 Å². The Morgan fingerprint density at radius 2 is 2.09 bits per heavy atom. The number of ether oxygens (including phenoxy) is 2. The number of nitrogens with zero attached hydrogens (tertiary/aromatic N) is 3. The molecule has 1 atom stereocenters. The minimum Gasteiger partial charge on any atom is -0.497 e. The predicted octanol–water partition coefficient (Wildman–Crippen LogP) is 4.69. The molecule has 9 heteroatoms. The van der Waals surface area contributed by atoms with E-state index in [4.69, 9.17) is 13.9 Å². The van der Waals surface area contributed by atoms with Crippen LogP contribution in [-0.2, 0) is 4.79 Å². The van der Waals surface area contributed by atoms with E-state index in [1.54, 1.807) is 14.2 Å². The van der Waals surface area contributed by atoms with Gasteiger partial charge in [0.2, 0.25) is 5.91 Å². The number of methoxy groups -OCH3 is 2. The maximum atomic E-state index is 13.1. The van der Waals surface area contributed by atoms with Crippen LogP contribution in [-0.4, -0.2) is 52.5 Å². The fourth-order valence-electron chi connectivity index (χ4n) is 4.32. The molecule has 2 aromatic heterocycles. The van der Waals surface area contributed by atoms with E-state index in [0.717, 1.165) is 46.4 Å². The Balaban J connectivity index is 1.29. The normalized spacial score (nSPS) is 15.8. The Kier molecular flexibility index (Phi) is 5.95. The van der Waals surface area contributed by atoms with E-state index in [-0.39, 0.29) is 17.7 Å². The molecule has 1 aliphatic rings. The molecule has 33 heavy (non-hydrogen) atoms. The molecule has 170 valence electrons. The number of hydrogen-bond acceptors (Lipinski definition) is 7. The van der Waals surface area contributed by atoms with E-state index in [9.17, 15) is 4.79 Å². The standard InChI is InChI=1S/C24H24N4O4S/c1-30-15-9-10-21(31-2)17(12-15)20-8-5-11-28(20)22(29)14-33-24-27-26-23(32-24)18-13-25-19-7-4-3-6-16(18)19/h3-4,6-7,9-10,12-13,20,25H,5,8,11,14H2,1-2H3. The largest absolute Gasteiger partial charge is 0.497 e. The molecule has 0 spiro atoms. The third-order valence-corrected chi connectivity index (χ3v) is 6.72. The number of benzene rings is 2. The van der Waals surface area contributed by atoms with Crippen molar-refractivity contribution in [2.24, 2.45) is 0 Å². The lowest BCUT2D eigenvalue weighted by molar-refractivity contribution is -0.129.